The highest BCUT2D eigenvalue weighted by Gasteiger charge is 2.28. The predicted octanol–water partition coefficient (Wildman–Crippen LogP) is 2.93. The van der Waals surface area contributed by atoms with Crippen LogP contribution in [0.4, 0.5) is 15.8 Å². The van der Waals surface area contributed by atoms with Crippen molar-refractivity contribution in [3.63, 3.8) is 0 Å². The van der Waals surface area contributed by atoms with Crippen LogP contribution in [-0.2, 0) is 38.1 Å². The zero-order valence-corrected chi connectivity index (χ0v) is 30.4. The molecular formula is C35H48FN3O12. The monoisotopic (exact) mass is 721 g/mol. The van der Waals surface area contributed by atoms with E-state index in [1.165, 1.54) is 56.4 Å². The first-order chi connectivity index (χ1) is 23.9. The summed E-state index contributed by atoms with van der Waals surface area (Å²) in [6.45, 7) is 5.99. The van der Waals surface area contributed by atoms with E-state index in [1.54, 1.807) is 0 Å². The number of halogens is 1. The summed E-state index contributed by atoms with van der Waals surface area (Å²) in [7, 11) is 4.74. The van der Waals surface area contributed by atoms with Crippen LogP contribution in [0.15, 0.2) is 30.3 Å². The summed E-state index contributed by atoms with van der Waals surface area (Å²) in [5.74, 6) is -3.11. The smallest absolute Gasteiger partial charge is 0.325 e. The van der Waals surface area contributed by atoms with Crippen molar-refractivity contribution in [3.05, 3.63) is 41.7 Å². The summed E-state index contributed by atoms with van der Waals surface area (Å²) in [5, 5.41) is 0. The number of aldehydes is 1. The molecule has 0 saturated carbocycles. The van der Waals surface area contributed by atoms with Crippen LogP contribution in [0.3, 0.4) is 0 Å². The molecule has 2 aromatic carbocycles. The van der Waals surface area contributed by atoms with Gasteiger partial charge in [-0.25, -0.2) is 4.39 Å². The molecule has 51 heavy (non-hydrogen) atoms. The van der Waals surface area contributed by atoms with Gasteiger partial charge in [-0.05, 0) is 38.5 Å². The Labute approximate surface area is 297 Å². The minimum Gasteiger partial charge on any atom is -0.492 e. The molecule has 0 unspecified atom stereocenters. The molecule has 0 spiro atoms. The number of benzene rings is 2. The highest BCUT2D eigenvalue weighted by molar-refractivity contribution is 5.87. The fraction of sp³-hybridized carbons (Fsp3) is 0.514. The molecule has 2 N–H and O–H groups in total. The number of methoxy groups -OCH3 is 4. The molecule has 16 heteroatoms. The number of esters is 4. The maximum Gasteiger partial charge on any atom is 0.325 e. The van der Waals surface area contributed by atoms with Gasteiger partial charge in [0.05, 0.1) is 52.0 Å². The van der Waals surface area contributed by atoms with Crippen molar-refractivity contribution >= 4 is 41.5 Å². The van der Waals surface area contributed by atoms with Crippen molar-refractivity contribution in [2.24, 2.45) is 11.1 Å². The Kier molecular flexibility index (Phi) is 15.9. The Hall–Kier alpha value is -5.12. The summed E-state index contributed by atoms with van der Waals surface area (Å²) in [6, 6.07) is 6.41. The van der Waals surface area contributed by atoms with Crippen molar-refractivity contribution in [1.29, 1.82) is 0 Å². The molecule has 0 aromatic heterocycles. The third-order valence-electron chi connectivity index (χ3n) is 7.16. The first kappa shape index (κ1) is 42.0. The maximum absolute atomic E-state index is 14.4. The molecule has 0 bridgehead atoms. The van der Waals surface area contributed by atoms with Gasteiger partial charge in [-0.3, -0.25) is 24.0 Å². The van der Waals surface area contributed by atoms with Gasteiger partial charge in [0.15, 0.2) is 6.29 Å². The second-order valence-corrected chi connectivity index (χ2v) is 12.9. The third-order valence-corrected chi connectivity index (χ3v) is 7.16. The summed E-state index contributed by atoms with van der Waals surface area (Å²) < 4.78 is 51.5. The fourth-order valence-electron chi connectivity index (χ4n) is 5.21. The minimum atomic E-state index is -0.686. The average molecular weight is 722 g/mol. The number of nitrogens with two attached hydrogens (primary N) is 1. The zero-order valence-electron chi connectivity index (χ0n) is 30.4. The third kappa shape index (κ3) is 14.0. The molecule has 0 saturated heterocycles. The average Bonchev–Trinajstić information content (AvgIpc) is 3.07. The molecule has 0 amide bonds. The summed E-state index contributed by atoms with van der Waals surface area (Å²) in [4.78, 5) is 63.8. The van der Waals surface area contributed by atoms with Gasteiger partial charge in [0.25, 0.3) is 0 Å². The van der Waals surface area contributed by atoms with Gasteiger partial charge >= 0.3 is 23.9 Å². The van der Waals surface area contributed by atoms with Crippen molar-refractivity contribution < 1.29 is 61.5 Å². The molecule has 2 aromatic rings. The van der Waals surface area contributed by atoms with E-state index < -0.39 is 53.7 Å². The number of hydrogen-bond acceptors (Lipinski definition) is 15. The van der Waals surface area contributed by atoms with Crippen LogP contribution in [0.25, 0.3) is 0 Å². The number of carbonyl (C=O) groups excluding carboxylic acids is 5. The van der Waals surface area contributed by atoms with E-state index in [0.717, 1.165) is 12.1 Å². The van der Waals surface area contributed by atoms with Crippen LogP contribution in [0, 0.1) is 11.2 Å². The van der Waals surface area contributed by atoms with E-state index in [1.807, 2.05) is 27.7 Å². The van der Waals surface area contributed by atoms with E-state index in [9.17, 15) is 28.4 Å². The van der Waals surface area contributed by atoms with Gasteiger partial charge in [0.2, 0.25) is 0 Å². The molecule has 2 rings (SSSR count). The Morgan fingerprint density at radius 3 is 1.57 bits per heavy atom. The van der Waals surface area contributed by atoms with Gasteiger partial charge in [-0.15, -0.1) is 0 Å². The van der Waals surface area contributed by atoms with E-state index in [4.69, 9.17) is 38.9 Å². The van der Waals surface area contributed by atoms with Gasteiger partial charge < -0.3 is 48.7 Å². The molecule has 0 aliphatic heterocycles. The molecule has 0 fully saturated rings. The predicted molar refractivity (Wildman–Crippen MR) is 184 cm³/mol. The fourth-order valence-corrected chi connectivity index (χ4v) is 5.21. The molecule has 0 aliphatic carbocycles. The first-order valence-corrected chi connectivity index (χ1v) is 15.8. The van der Waals surface area contributed by atoms with Crippen molar-refractivity contribution in [1.82, 2.24) is 0 Å². The van der Waals surface area contributed by atoms with Crippen LogP contribution in [0.2, 0.25) is 0 Å². The first-order valence-electron chi connectivity index (χ1n) is 15.8. The summed E-state index contributed by atoms with van der Waals surface area (Å²) >= 11 is 0. The number of carbonyl (C=O) groups is 5. The van der Waals surface area contributed by atoms with E-state index >= 15 is 0 Å². The highest BCUT2D eigenvalue weighted by atomic mass is 19.1. The van der Waals surface area contributed by atoms with Crippen molar-refractivity contribution in [3.8, 4) is 17.2 Å². The number of nitrogens with zero attached hydrogens (tertiary/aromatic N) is 2. The second-order valence-electron chi connectivity index (χ2n) is 12.9. The van der Waals surface area contributed by atoms with Gasteiger partial charge in [0.1, 0.15) is 62.5 Å². The number of rotatable bonds is 21. The molecule has 15 nitrogen and oxygen atoms in total. The molecule has 0 atom stereocenters. The van der Waals surface area contributed by atoms with E-state index in [-0.39, 0.29) is 67.1 Å². The molecule has 282 valence electrons. The highest BCUT2D eigenvalue weighted by Crippen LogP contribution is 2.37. The van der Waals surface area contributed by atoms with Crippen LogP contribution in [0.5, 0.6) is 17.2 Å². The topological polar surface area (TPSA) is 182 Å². The summed E-state index contributed by atoms with van der Waals surface area (Å²) in [5.41, 5.74) is 5.82. The van der Waals surface area contributed by atoms with Gasteiger partial charge in [0, 0.05) is 23.1 Å². The van der Waals surface area contributed by atoms with Crippen LogP contribution in [0.1, 0.15) is 44.5 Å². The molecule has 0 aliphatic rings. The lowest BCUT2D eigenvalue weighted by Crippen LogP contribution is -2.39. The largest absolute Gasteiger partial charge is 0.492 e. The number of hydrogen-bond donors (Lipinski definition) is 1. The van der Waals surface area contributed by atoms with Crippen LogP contribution >= 0.6 is 0 Å². The molecule has 0 radical (unpaired) electrons. The van der Waals surface area contributed by atoms with E-state index in [0.29, 0.717) is 12.7 Å². The quantitative estimate of drug-likeness (QED) is 0.0859. The van der Waals surface area contributed by atoms with Crippen molar-refractivity contribution in [2.75, 3.05) is 84.2 Å². The van der Waals surface area contributed by atoms with Gasteiger partial charge in [-0.2, -0.15) is 0 Å². The number of anilines is 2. The minimum absolute atomic E-state index is 0.0185. The van der Waals surface area contributed by atoms with Crippen molar-refractivity contribution in [2.45, 2.75) is 39.7 Å². The Morgan fingerprint density at radius 2 is 1.14 bits per heavy atom. The SMILES string of the molecule is COC(=O)CN(CC(=O)OC)c1ccc(F)cc1OCCOc1cc(OCC(C)(C)CC(C)(C)N)c(C=O)cc1N(CC(=O)OC)CC(=O)OC. The number of ether oxygens (including phenoxy) is 7. The second kappa shape index (κ2) is 19.3. The Bertz CT molecular complexity index is 1490. The van der Waals surface area contributed by atoms with Crippen LogP contribution < -0.4 is 29.7 Å². The lowest BCUT2D eigenvalue weighted by atomic mass is 9.81. The van der Waals surface area contributed by atoms with E-state index in [2.05, 4.69) is 0 Å². The lowest BCUT2D eigenvalue weighted by molar-refractivity contribution is -0.141. The maximum atomic E-state index is 14.4. The summed E-state index contributed by atoms with van der Waals surface area (Å²) in [6.07, 6.45) is 1.17. The van der Waals surface area contributed by atoms with Gasteiger partial charge in [-0.1, -0.05) is 13.8 Å². The Morgan fingerprint density at radius 1 is 0.686 bits per heavy atom. The molecule has 0 heterocycles. The normalized spacial score (nSPS) is 11.2. The Balaban J connectivity index is 2.49. The standard InChI is InChI=1S/C35H48FN3O12/c1-34(2,21-35(3,4)37)22-51-27-15-29(26(13-23(27)20-40)39(18-32(43)47-7)19-33(44)48-8)50-12-11-49-28-14-24(36)9-10-25(28)38(16-30(41)45-5)17-31(42)46-6/h9-10,13-15,20H,11-12,16-19,21-22,37H2,1-8H3. The van der Waals surface area contributed by atoms with Crippen LogP contribution in [-0.4, -0.2) is 110 Å². The molecular weight excluding hydrogens is 673 g/mol. The lowest BCUT2D eigenvalue weighted by Gasteiger charge is -2.32. The zero-order chi connectivity index (χ0) is 38.4.